The third-order valence-corrected chi connectivity index (χ3v) is 7.03. The van der Waals surface area contributed by atoms with Crippen LogP contribution in [0.25, 0.3) is 10.8 Å². The molecule has 0 aliphatic carbocycles. The molecular formula is C29H31N5OS. The predicted molar refractivity (Wildman–Crippen MR) is 149 cm³/mol. The Hall–Kier alpha value is -3.71. The van der Waals surface area contributed by atoms with Gasteiger partial charge in [0, 0.05) is 48.2 Å². The van der Waals surface area contributed by atoms with Crippen LogP contribution in [0.4, 0.5) is 5.69 Å². The quantitative estimate of drug-likeness (QED) is 0.330. The van der Waals surface area contributed by atoms with Crippen molar-refractivity contribution in [1.29, 1.82) is 0 Å². The summed E-state index contributed by atoms with van der Waals surface area (Å²) in [5.74, 6) is -0.0403. The highest BCUT2D eigenvalue weighted by molar-refractivity contribution is 7.80. The summed E-state index contributed by atoms with van der Waals surface area (Å²) in [4.78, 5) is 19.8. The van der Waals surface area contributed by atoms with E-state index in [1.165, 1.54) is 0 Å². The van der Waals surface area contributed by atoms with E-state index < -0.39 is 0 Å². The van der Waals surface area contributed by atoms with Crippen LogP contribution in [-0.4, -0.2) is 32.0 Å². The van der Waals surface area contributed by atoms with Crippen LogP contribution < -0.4 is 10.6 Å². The van der Waals surface area contributed by atoms with Crippen LogP contribution in [0.2, 0.25) is 0 Å². The molecule has 0 radical (unpaired) electrons. The average Bonchev–Trinajstić information content (AvgIpc) is 3.48. The largest absolute Gasteiger partial charge is 0.352 e. The lowest BCUT2D eigenvalue weighted by molar-refractivity contribution is -0.116. The van der Waals surface area contributed by atoms with Crippen LogP contribution in [0.3, 0.4) is 0 Å². The van der Waals surface area contributed by atoms with Gasteiger partial charge in [-0.2, -0.15) is 0 Å². The second kappa shape index (κ2) is 9.74. The summed E-state index contributed by atoms with van der Waals surface area (Å²) in [6, 6.07) is 21.9. The van der Waals surface area contributed by atoms with Crippen LogP contribution in [-0.2, 0) is 10.3 Å². The lowest BCUT2D eigenvalue weighted by atomic mass is 9.99. The maximum Gasteiger partial charge on any atom is 0.226 e. The highest BCUT2D eigenvalue weighted by atomic mass is 32.1. The zero-order chi connectivity index (χ0) is 25.3. The molecule has 2 atom stereocenters. The van der Waals surface area contributed by atoms with Crippen molar-refractivity contribution < 1.29 is 4.79 Å². The average molecular weight is 498 g/mol. The second-order valence-corrected chi connectivity index (χ2v) is 10.6. The lowest BCUT2D eigenvalue weighted by Gasteiger charge is -2.27. The SMILES string of the molecule is CC(C)(C)n1ccc([C@H]2[C@H](c3ccccn3)NC(=S)N2CCC(=O)Nc2cccc3ccccc23)c1. The minimum atomic E-state index is -0.101. The standard InChI is InChI=1S/C29H31N5OS/c1-29(2,3)33-17-14-21(19-33)27-26(24-12-6-7-16-30-24)32-28(36)34(27)18-15-25(35)31-23-13-8-10-20-9-4-5-11-22(20)23/h4-14,16-17,19,26-27H,15,18H2,1-3H3,(H,31,35)(H,32,36)/t26-,27-/m0/s1. The number of hydrogen-bond donors (Lipinski definition) is 2. The van der Waals surface area contributed by atoms with E-state index in [1.54, 1.807) is 6.20 Å². The third-order valence-electron chi connectivity index (χ3n) is 6.67. The molecule has 5 rings (SSSR count). The van der Waals surface area contributed by atoms with Crippen LogP contribution in [0.15, 0.2) is 85.3 Å². The Kier molecular flexibility index (Phi) is 6.49. The molecule has 7 heteroatoms. The highest BCUT2D eigenvalue weighted by Crippen LogP contribution is 2.39. The fourth-order valence-electron chi connectivity index (χ4n) is 4.78. The minimum Gasteiger partial charge on any atom is -0.352 e. The molecule has 1 saturated heterocycles. The number of fused-ring (bicyclic) bond motifs is 1. The Morgan fingerprint density at radius 2 is 1.83 bits per heavy atom. The van der Waals surface area contributed by atoms with Crippen molar-refractivity contribution in [2.24, 2.45) is 0 Å². The fraction of sp³-hybridized carbons (Fsp3) is 0.276. The lowest BCUT2D eigenvalue weighted by Crippen LogP contribution is -2.32. The third kappa shape index (κ3) is 4.84. The molecular weight excluding hydrogens is 466 g/mol. The first-order chi connectivity index (χ1) is 17.3. The number of pyridine rings is 1. The zero-order valence-electron chi connectivity index (χ0n) is 20.8. The molecule has 3 heterocycles. The molecule has 0 spiro atoms. The van der Waals surface area contributed by atoms with Crippen LogP contribution in [0.1, 0.15) is 50.5 Å². The summed E-state index contributed by atoms with van der Waals surface area (Å²) in [5, 5.41) is 9.33. The molecule has 2 N–H and O–H groups in total. The Labute approximate surface area is 217 Å². The number of amides is 1. The van der Waals surface area contributed by atoms with E-state index in [4.69, 9.17) is 12.2 Å². The molecule has 6 nitrogen and oxygen atoms in total. The van der Waals surface area contributed by atoms with Crippen molar-refractivity contribution in [3.63, 3.8) is 0 Å². The van der Waals surface area contributed by atoms with Gasteiger partial charge in [0.2, 0.25) is 5.91 Å². The molecule has 36 heavy (non-hydrogen) atoms. The van der Waals surface area contributed by atoms with E-state index in [0.29, 0.717) is 18.1 Å². The molecule has 1 amide bonds. The number of hydrogen-bond acceptors (Lipinski definition) is 3. The van der Waals surface area contributed by atoms with Crippen molar-refractivity contribution in [2.75, 3.05) is 11.9 Å². The molecule has 2 aromatic carbocycles. The zero-order valence-corrected chi connectivity index (χ0v) is 21.6. The number of nitrogens with one attached hydrogen (secondary N) is 2. The van der Waals surface area contributed by atoms with E-state index in [0.717, 1.165) is 27.7 Å². The monoisotopic (exact) mass is 497 g/mol. The smallest absolute Gasteiger partial charge is 0.226 e. The van der Waals surface area contributed by atoms with E-state index in [-0.39, 0.29) is 23.5 Å². The molecule has 2 aromatic heterocycles. The van der Waals surface area contributed by atoms with Crippen LogP contribution in [0.5, 0.6) is 0 Å². The van der Waals surface area contributed by atoms with Crippen LogP contribution in [0, 0.1) is 0 Å². The van der Waals surface area contributed by atoms with E-state index in [2.05, 4.69) is 64.3 Å². The van der Waals surface area contributed by atoms with Crippen molar-refractivity contribution in [3.05, 3.63) is 96.6 Å². The molecule has 1 aliphatic rings. The highest BCUT2D eigenvalue weighted by Gasteiger charge is 2.40. The van der Waals surface area contributed by atoms with Crippen molar-refractivity contribution in [1.82, 2.24) is 19.8 Å². The number of carbonyl (C=O) groups is 1. The van der Waals surface area contributed by atoms with Gasteiger partial charge < -0.3 is 20.1 Å². The maximum absolute atomic E-state index is 13.0. The molecule has 184 valence electrons. The van der Waals surface area contributed by atoms with Gasteiger partial charge in [-0.15, -0.1) is 0 Å². The van der Waals surface area contributed by atoms with Gasteiger partial charge in [-0.05, 0) is 68.2 Å². The topological polar surface area (TPSA) is 62.2 Å². The molecule has 1 aliphatic heterocycles. The number of carbonyl (C=O) groups excluding carboxylic acids is 1. The first-order valence-electron chi connectivity index (χ1n) is 12.3. The predicted octanol–water partition coefficient (Wildman–Crippen LogP) is 5.79. The van der Waals surface area contributed by atoms with Crippen molar-refractivity contribution >= 4 is 39.7 Å². The summed E-state index contributed by atoms with van der Waals surface area (Å²) in [6.45, 7) is 7.04. The van der Waals surface area contributed by atoms with Gasteiger partial charge in [0.25, 0.3) is 0 Å². The normalized spacial score (nSPS) is 17.9. The number of thiocarbonyl (C=S) groups is 1. The summed E-state index contributed by atoms with van der Waals surface area (Å²) in [5.41, 5.74) is 2.86. The van der Waals surface area contributed by atoms with Gasteiger partial charge >= 0.3 is 0 Å². The Bertz CT molecular complexity index is 1390. The summed E-state index contributed by atoms with van der Waals surface area (Å²) in [7, 11) is 0. The summed E-state index contributed by atoms with van der Waals surface area (Å²) < 4.78 is 2.21. The van der Waals surface area contributed by atoms with Gasteiger partial charge in [-0.1, -0.05) is 42.5 Å². The van der Waals surface area contributed by atoms with Crippen molar-refractivity contribution in [3.8, 4) is 0 Å². The maximum atomic E-state index is 13.0. The first-order valence-corrected chi connectivity index (χ1v) is 12.7. The van der Waals surface area contributed by atoms with E-state index in [1.807, 2.05) is 60.7 Å². The second-order valence-electron chi connectivity index (χ2n) is 10.2. The summed E-state index contributed by atoms with van der Waals surface area (Å²) >= 11 is 5.77. The van der Waals surface area contributed by atoms with Gasteiger partial charge in [0.1, 0.15) is 0 Å². The number of aromatic nitrogens is 2. The first kappa shape index (κ1) is 24.0. The summed E-state index contributed by atoms with van der Waals surface area (Å²) in [6.07, 6.45) is 6.41. The molecule has 0 saturated carbocycles. The fourth-order valence-corrected chi connectivity index (χ4v) is 5.12. The molecule has 1 fully saturated rings. The van der Waals surface area contributed by atoms with Crippen LogP contribution >= 0.6 is 12.2 Å². The molecule has 4 aromatic rings. The van der Waals surface area contributed by atoms with Gasteiger partial charge in [-0.25, -0.2) is 0 Å². The number of nitrogens with zero attached hydrogens (tertiary/aromatic N) is 3. The van der Waals surface area contributed by atoms with Gasteiger partial charge in [-0.3, -0.25) is 9.78 Å². The van der Waals surface area contributed by atoms with Gasteiger partial charge in [0.05, 0.1) is 17.8 Å². The Morgan fingerprint density at radius 1 is 1.06 bits per heavy atom. The minimum absolute atomic E-state index is 0.0333. The van der Waals surface area contributed by atoms with Crippen molar-refractivity contribution in [2.45, 2.75) is 44.8 Å². The number of rotatable bonds is 6. The molecule has 0 bridgehead atoms. The number of anilines is 1. The Balaban J connectivity index is 1.38. The van der Waals surface area contributed by atoms with E-state index in [9.17, 15) is 4.79 Å². The molecule has 0 unspecified atom stereocenters. The Morgan fingerprint density at radius 3 is 2.58 bits per heavy atom. The van der Waals surface area contributed by atoms with E-state index >= 15 is 0 Å². The number of benzene rings is 2. The van der Waals surface area contributed by atoms with Gasteiger partial charge in [0.15, 0.2) is 5.11 Å².